The summed E-state index contributed by atoms with van der Waals surface area (Å²) in [5, 5.41) is 0.449. The Morgan fingerprint density at radius 3 is 2.32 bits per heavy atom. The van der Waals surface area contributed by atoms with Crippen LogP contribution in [0.3, 0.4) is 0 Å². The molecule has 0 aromatic heterocycles. The van der Waals surface area contributed by atoms with E-state index in [1.807, 2.05) is 0 Å². The highest BCUT2D eigenvalue weighted by molar-refractivity contribution is 7.92. The molecule has 1 aliphatic rings. The Hall–Kier alpha value is -0.630. The first kappa shape index (κ1) is 14.8. The summed E-state index contributed by atoms with van der Waals surface area (Å²) in [6.45, 7) is 0. The molecule has 0 aliphatic carbocycles. The number of hydrogen-bond acceptors (Lipinski definition) is 4. The first-order valence-corrected chi connectivity index (χ1v) is 9.30. The molecular formula is C11H14ClNO4S2. The molecule has 0 N–H and O–H groups in total. The molecule has 0 bridgehead atoms. The van der Waals surface area contributed by atoms with Crippen LogP contribution >= 0.6 is 11.6 Å². The van der Waals surface area contributed by atoms with E-state index in [2.05, 4.69) is 0 Å². The van der Waals surface area contributed by atoms with Gasteiger partial charge in [-0.2, -0.15) is 4.31 Å². The van der Waals surface area contributed by atoms with Crippen molar-refractivity contribution in [3.8, 4) is 0 Å². The maximum absolute atomic E-state index is 12.3. The van der Waals surface area contributed by atoms with Crippen molar-refractivity contribution >= 4 is 31.5 Å². The van der Waals surface area contributed by atoms with E-state index < -0.39 is 25.9 Å². The van der Waals surface area contributed by atoms with Crippen molar-refractivity contribution in [3.05, 3.63) is 29.3 Å². The lowest BCUT2D eigenvalue weighted by Crippen LogP contribution is -2.37. The van der Waals surface area contributed by atoms with Crippen molar-refractivity contribution in [2.24, 2.45) is 0 Å². The summed E-state index contributed by atoms with van der Waals surface area (Å²) in [7, 11) is -5.38. The summed E-state index contributed by atoms with van der Waals surface area (Å²) >= 11 is 5.72. The third-order valence-electron chi connectivity index (χ3n) is 3.21. The van der Waals surface area contributed by atoms with Gasteiger partial charge in [0.05, 0.1) is 16.4 Å². The quantitative estimate of drug-likeness (QED) is 0.836. The molecule has 2 rings (SSSR count). The van der Waals surface area contributed by atoms with Gasteiger partial charge in [0, 0.05) is 18.1 Å². The summed E-state index contributed by atoms with van der Waals surface area (Å²) in [6, 6.07) is 5.32. The molecule has 19 heavy (non-hydrogen) atoms. The summed E-state index contributed by atoms with van der Waals surface area (Å²) in [6.07, 6.45) is 0.339. The van der Waals surface area contributed by atoms with Crippen LogP contribution in [-0.2, 0) is 19.9 Å². The average molecular weight is 324 g/mol. The lowest BCUT2D eigenvalue weighted by Gasteiger charge is -2.22. The van der Waals surface area contributed by atoms with Crippen LogP contribution in [0.15, 0.2) is 29.2 Å². The van der Waals surface area contributed by atoms with Gasteiger partial charge in [-0.15, -0.1) is 0 Å². The fraction of sp³-hybridized carbons (Fsp3) is 0.455. The lowest BCUT2D eigenvalue weighted by atomic mass is 10.3. The number of benzene rings is 1. The van der Waals surface area contributed by atoms with Gasteiger partial charge in [0.25, 0.3) is 0 Å². The van der Waals surface area contributed by atoms with Crippen LogP contribution in [0.4, 0.5) is 0 Å². The van der Waals surface area contributed by atoms with Gasteiger partial charge in [-0.1, -0.05) is 11.6 Å². The first-order valence-electron chi connectivity index (χ1n) is 5.66. The number of halogens is 1. The number of nitrogens with zero attached hydrogens (tertiary/aromatic N) is 1. The normalized spacial score (nSPS) is 22.8. The van der Waals surface area contributed by atoms with E-state index in [4.69, 9.17) is 11.6 Å². The summed E-state index contributed by atoms with van der Waals surface area (Å²) in [5.74, 6) is -0.0749. The van der Waals surface area contributed by atoms with Crippen LogP contribution in [0.2, 0.25) is 5.02 Å². The maximum atomic E-state index is 12.3. The molecule has 106 valence electrons. The molecule has 0 amide bonds. The van der Waals surface area contributed by atoms with Crippen LogP contribution in [0.1, 0.15) is 6.42 Å². The Kier molecular flexibility index (Phi) is 3.92. The molecule has 0 saturated carbocycles. The Balaban J connectivity index is 2.27. The molecule has 5 nitrogen and oxygen atoms in total. The second kappa shape index (κ2) is 5.05. The molecule has 8 heteroatoms. The minimum absolute atomic E-state index is 0.0398. The van der Waals surface area contributed by atoms with Gasteiger partial charge >= 0.3 is 0 Å². The molecule has 1 saturated heterocycles. The van der Waals surface area contributed by atoms with Gasteiger partial charge in [-0.25, -0.2) is 16.8 Å². The molecule has 0 spiro atoms. The van der Waals surface area contributed by atoms with E-state index in [0.717, 1.165) is 4.31 Å². The standard InChI is InChI=1S/C11H14ClNO4S2/c1-13(10-6-7-18(14,15)8-10)19(16,17)11-4-2-9(12)3-5-11/h2-5,10H,6-8H2,1H3/t10-/m0/s1. The van der Waals surface area contributed by atoms with E-state index in [-0.39, 0.29) is 16.4 Å². The molecule has 0 unspecified atom stereocenters. The third kappa shape index (κ3) is 3.10. The van der Waals surface area contributed by atoms with Crippen LogP contribution in [0.25, 0.3) is 0 Å². The monoisotopic (exact) mass is 323 g/mol. The second-order valence-electron chi connectivity index (χ2n) is 4.53. The van der Waals surface area contributed by atoms with Gasteiger partial charge in [0.15, 0.2) is 9.84 Å². The predicted octanol–water partition coefficient (Wildman–Crippen LogP) is 1.15. The Morgan fingerprint density at radius 2 is 1.84 bits per heavy atom. The Morgan fingerprint density at radius 1 is 1.26 bits per heavy atom. The van der Waals surface area contributed by atoms with Crippen molar-refractivity contribution < 1.29 is 16.8 Å². The highest BCUT2D eigenvalue weighted by Gasteiger charge is 2.36. The highest BCUT2D eigenvalue weighted by atomic mass is 35.5. The van der Waals surface area contributed by atoms with Crippen LogP contribution in [-0.4, -0.2) is 45.7 Å². The Bertz CT molecular complexity index is 667. The number of hydrogen-bond donors (Lipinski definition) is 0. The van der Waals surface area contributed by atoms with Gasteiger partial charge in [0.2, 0.25) is 10.0 Å². The summed E-state index contributed by atoms with van der Waals surface area (Å²) < 4.78 is 48.6. The van der Waals surface area contributed by atoms with E-state index in [0.29, 0.717) is 11.4 Å². The van der Waals surface area contributed by atoms with Crippen molar-refractivity contribution in [2.75, 3.05) is 18.6 Å². The van der Waals surface area contributed by atoms with Crippen molar-refractivity contribution in [1.29, 1.82) is 0 Å². The molecular weight excluding hydrogens is 310 g/mol. The van der Waals surface area contributed by atoms with Crippen LogP contribution < -0.4 is 0 Å². The minimum Gasteiger partial charge on any atom is -0.229 e. The largest absolute Gasteiger partial charge is 0.243 e. The highest BCUT2D eigenvalue weighted by Crippen LogP contribution is 2.24. The first-order chi connectivity index (χ1) is 8.72. The van der Waals surface area contributed by atoms with Crippen molar-refractivity contribution in [3.63, 3.8) is 0 Å². The zero-order valence-corrected chi connectivity index (χ0v) is 12.7. The molecule has 1 aromatic rings. The third-order valence-corrected chi connectivity index (χ3v) is 7.14. The smallest absolute Gasteiger partial charge is 0.229 e. The summed E-state index contributed by atoms with van der Waals surface area (Å²) in [5.41, 5.74) is 0. The van der Waals surface area contributed by atoms with Gasteiger partial charge < -0.3 is 0 Å². The molecule has 1 heterocycles. The van der Waals surface area contributed by atoms with Gasteiger partial charge in [-0.05, 0) is 30.7 Å². The zero-order chi connectivity index (χ0) is 14.3. The van der Waals surface area contributed by atoms with Crippen molar-refractivity contribution in [1.82, 2.24) is 4.31 Å². The topological polar surface area (TPSA) is 71.5 Å². The molecule has 1 fully saturated rings. The minimum atomic E-state index is -3.68. The zero-order valence-electron chi connectivity index (χ0n) is 10.3. The van der Waals surface area contributed by atoms with Crippen LogP contribution in [0.5, 0.6) is 0 Å². The number of rotatable bonds is 3. The fourth-order valence-electron chi connectivity index (χ4n) is 2.03. The second-order valence-corrected chi connectivity index (χ2v) is 9.19. The molecule has 1 atom stereocenters. The Labute approximate surface area is 118 Å². The lowest BCUT2D eigenvalue weighted by molar-refractivity contribution is 0.394. The molecule has 0 radical (unpaired) electrons. The van der Waals surface area contributed by atoms with Gasteiger partial charge in [-0.3, -0.25) is 0 Å². The van der Waals surface area contributed by atoms with E-state index in [1.54, 1.807) is 0 Å². The summed E-state index contributed by atoms with van der Waals surface area (Å²) in [4.78, 5) is 0.115. The molecule has 1 aromatic carbocycles. The van der Waals surface area contributed by atoms with Crippen molar-refractivity contribution in [2.45, 2.75) is 17.4 Å². The number of sulfone groups is 1. The fourth-order valence-corrected chi connectivity index (χ4v) is 5.41. The average Bonchev–Trinajstić information content (AvgIpc) is 2.69. The van der Waals surface area contributed by atoms with E-state index in [9.17, 15) is 16.8 Å². The van der Waals surface area contributed by atoms with E-state index >= 15 is 0 Å². The number of sulfonamides is 1. The predicted molar refractivity (Wildman–Crippen MR) is 73.5 cm³/mol. The van der Waals surface area contributed by atoms with E-state index in [1.165, 1.54) is 31.3 Å². The van der Waals surface area contributed by atoms with Gasteiger partial charge in [0.1, 0.15) is 0 Å². The maximum Gasteiger partial charge on any atom is 0.243 e. The SMILES string of the molecule is CN([C@H]1CCS(=O)(=O)C1)S(=O)(=O)c1ccc(Cl)cc1. The van der Waals surface area contributed by atoms with Crippen LogP contribution in [0, 0.1) is 0 Å². The molecule has 1 aliphatic heterocycles.